The lowest BCUT2D eigenvalue weighted by Gasteiger charge is -2.49. The summed E-state index contributed by atoms with van der Waals surface area (Å²) in [7, 11) is 0. The van der Waals surface area contributed by atoms with Crippen molar-refractivity contribution in [3.63, 3.8) is 0 Å². The van der Waals surface area contributed by atoms with Crippen molar-refractivity contribution in [2.75, 3.05) is 0 Å². The van der Waals surface area contributed by atoms with Crippen LogP contribution in [0.2, 0.25) is 0 Å². The molecule has 2 aliphatic heterocycles. The number of rotatable bonds is 2. The van der Waals surface area contributed by atoms with Crippen molar-refractivity contribution >= 4 is 11.1 Å². The van der Waals surface area contributed by atoms with Crippen LogP contribution in [0.15, 0.2) is 59.7 Å². The van der Waals surface area contributed by atoms with Gasteiger partial charge in [-0.1, -0.05) is 50.2 Å². The molecule has 2 heterocycles. The smallest absolute Gasteiger partial charge is 0.380 e. The predicted octanol–water partition coefficient (Wildman–Crippen LogP) is 6.91. The zero-order chi connectivity index (χ0) is 23.6. The fourth-order valence-corrected chi connectivity index (χ4v) is 6.14. The average Bonchev–Trinajstić information content (AvgIpc) is 3.34. The number of hydrogen-bond donors (Lipinski definition) is 0. The Labute approximate surface area is 185 Å². The molecule has 2 aliphatic carbocycles. The second kappa shape index (κ2) is 5.77. The van der Waals surface area contributed by atoms with Gasteiger partial charge in [-0.3, -0.25) is 0 Å². The van der Waals surface area contributed by atoms with Crippen LogP contribution in [0.5, 0.6) is 11.5 Å². The molecule has 0 spiro atoms. The highest BCUT2D eigenvalue weighted by molar-refractivity contribution is 6.01. The zero-order valence-corrected chi connectivity index (χ0v) is 17.6. The molecular weight excluding hydrogens is 446 g/mol. The molecule has 0 bridgehead atoms. The molecule has 0 amide bonds. The molecule has 0 radical (unpaired) electrons. The minimum absolute atomic E-state index is 0.0341. The van der Waals surface area contributed by atoms with Crippen molar-refractivity contribution in [1.29, 1.82) is 0 Å². The van der Waals surface area contributed by atoms with Crippen molar-refractivity contribution in [1.82, 2.24) is 0 Å². The van der Waals surface area contributed by atoms with Crippen LogP contribution in [-0.4, -0.2) is 29.0 Å². The van der Waals surface area contributed by atoms with Crippen LogP contribution in [0, 0.1) is 0 Å². The second-order valence-corrected chi connectivity index (χ2v) is 8.78. The predicted molar refractivity (Wildman–Crippen MR) is 109 cm³/mol. The molecule has 2 nitrogen and oxygen atoms in total. The maximum atomic E-state index is 15.4. The number of allylic oxidation sites excluding steroid dienone is 2. The van der Waals surface area contributed by atoms with E-state index in [1.165, 1.54) is 36.4 Å². The van der Waals surface area contributed by atoms with Gasteiger partial charge in [-0.05, 0) is 25.0 Å². The summed E-state index contributed by atoms with van der Waals surface area (Å²) in [6.07, 6.45) is 0.0681. The first-order valence-corrected chi connectivity index (χ1v) is 10.7. The highest BCUT2D eigenvalue weighted by Gasteiger charge is 2.86. The Kier molecular flexibility index (Phi) is 3.62. The van der Waals surface area contributed by atoms with Gasteiger partial charge >= 0.3 is 17.8 Å². The van der Waals surface area contributed by atoms with Gasteiger partial charge in [-0.15, -0.1) is 0 Å². The van der Waals surface area contributed by atoms with E-state index in [4.69, 9.17) is 9.47 Å². The third-order valence-electron chi connectivity index (χ3n) is 7.50. The third kappa shape index (κ3) is 1.90. The molecule has 0 N–H and O–H groups in total. The largest absolute Gasteiger partial charge is 0.477 e. The minimum atomic E-state index is -5.62. The fraction of sp³-hybridized carbons (Fsp3) is 0.360. The van der Waals surface area contributed by atoms with E-state index >= 15 is 17.6 Å². The van der Waals surface area contributed by atoms with Crippen molar-refractivity contribution < 1.29 is 35.8 Å². The van der Waals surface area contributed by atoms with Gasteiger partial charge in [0.25, 0.3) is 0 Å². The van der Waals surface area contributed by atoms with E-state index in [0.717, 1.165) is 0 Å². The molecule has 4 aliphatic rings. The maximum Gasteiger partial charge on any atom is 0.380 e. The number of hydrogen-bond acceptors (Lipinski definition) is 2. The molecule has 2 unspecified atom stereocenters. The van der Waals surface area contributed by atoms with Gasteiger partial charge in [-0.25, -0.2) is 0 Å². The summed E-state index contributed by atoms with van der Waals surface area (Å²) in [6, 6.07) is 12.2. The van der Waals surface area contributed by atoms with Crippen molar-refractivity contribution in [3.8, 4) is 11.5 Å². The van der Waals surface area contributed by atoms with Crippen LogP contribution in [0.1, 0.15) is 37.8 Å². The second-order valence-electron chi connectivity index (χ2n) is 8.78. The first-order chi connectivity index (χ1) is 15.5. The van der Waals surface area contributed by atoms with Gasteiger partial charge in [0.1, 0.15) is 11.5 Å². The van der Waals surface area contributed by atoms with Crippen molar-refractivity contribution in [2.24, 2.45) is 0 Å². The fourth-order valence-electron chi connectivity index (χ4n) is 6.14. The topological polar surface area (TPSA) is 18.5 Å². The van der Waals surface area contributed by atoms with E-state index in [9.17, 15) is 8.78 Å². The van der Waals surface area contributed by atoms with Gasteiger partial charge in [0.15, 0.2) is 11.2 Å². The lowest BCUT2D eigenvalue weighted by atomic mass is 9.62. The van der Waals surface area contributed by atoms with Gasteiger partial charge in [0, 0.05) is 33.4 Å². The number of benzene rings is 2. The Hall–Kier alpha value is -2.90. The van der Waals surface area contributed by atoms with Crippen LogP contribution >= 0.6 is 0 Å². The zero-order valence-electron chi connectivity index (χ0n) is 17.6. The lowest BCUT2D eigenvalue weighted by Crippen LogP contribution is -2.61. The normalized spacial score (nSPS) is 31.3. The van der Waals surface area contributed by atoms with Crippen LogP contribution in [-0.2, 0) is 0 Å². The van der Waals surface area contributed by atoms with E-state index in [1.807, 2.05) is 0 Å². The third-order valence-corrected chi connectivity index (χ3v) is 7.50. The van der Waals surface area contributed by atoms with Gasteiger partial charge < -0.3 is 9.47 Å². The number of para-hydroxylation sites is 2. The maximum absolute atomic E-state index is 15.4. The van der Waals surface area contributed by atoms with Crippen molar-refractivity contribution in [2.45, 2.75) is 55.7 Å². The molecule has 2 aromatic carbocycles. The standard InChI is InChI=1S/C25H18F6O2/c1-3-21-17(13-9-5-7-11-15(13)32-21)19-20(24(28,29)25(30,31)23(19,26)27)18-14-10-6-8-12-16(14)33-22(18,21)4-2/h5-12H,3-4H2,1-2H3. The van der Waals surface area contributed by atoms with E-state index in [2.05, 4.69) is 0 Å². The monoisotopic (exact) mass is 464 g/mol. The molecule has 172 valence electrons. The summed E-state index contributed by atoms with van der Waals surface area (Å²) >= 11 is 0. The first-order valence-electron chi connectivity index (χ1n) is 10.7. The number of alkyl halides is 6. The van der Waals surface area contributed by atoms with Crippen LogP contribution in [0.4, 0.5) is 26.3 Å². The molecule has 0 aromatic heterocycles. The molecular formula is C25H18F6O2. The lowest BCUT2D eigenvalue weighted by molar-refractivity contribution is -0.257. The number of fused-ring (bicyclic) bond motifs is 8. The highest BCUT2D eigenvalue weighted by Crippen LogP contribution is 2.74. The Balaban J connectivity index is 1.88. The van der Waals surface area contributed by atoms with Gasteiger partial charge in [0.05, 0.1) is 0 Å². The summed E-state index contributed by atoms with van der Waals surface area (Å²) in [5.74, 6) is -15.5. The highest BCUT2D eigenvalue weighted by atomic mass is 19.3. The quantitative estimate of drug-likeness (QED) is 0.450. The number of ether oxygens (including phenoxy) is 2. The molecule has 2 aromatic rings. The summed E-state index contributed by atoms with van der Waals surface area (Å²) in [5.41, 5.74) is -6.55. The molecule has 1 saturated carbocycles. The Morgan fingerprint density at radius 1 is 0.576 bits per heavy atom. The molecule has 6 rings (SSSR count). The van der Waals surface area contributed by atoms with Crippen LogP contribution in [0.25, 0.3) is 11.1 Å². The summed E-state index contributed by atoms with van der Waals surface area (Å²) in [6.45, 7) is 3.31. The Morgan fingerprint density at radius 2 is 0.939 bits per heavy atom. The van der Waals surface area contributed by atoms with E-state index in [-0.39, 0.29) is 46.6 Å². The molecule has 33 heavy (non-hydrogen) atoms. The SMILES string of the molecule is CCC12Oc3ccccc3C1=C1C(=C3c4ccccc4OC32CC)C(F)(F)C(F)(F)C1(F)F. The first kappa shape index (κ1) is 20.7. The molecule has 0 saturated heterocycles. The Morgan fingerprint density at radius 3 is 1.30 bits per heavy atom. The summed E-state index contributed by atoms with van der Waals surface area (Å²) in [4.78, 5) is 0. The van der Waals surface area contributed by atoms with Crippen LogP contribution in [0.3, 0.4) is 0 Å². The summed E-state index contributed by atoms with van der Waals surface area (Å²) < 4.78 is 104. The van der Waals surface area contributed by atoms with Crippen molar-refractivity contribution in [3.05, 3.63) is 70.8 Å². The molecule has 1 fully saturated rings. The van der Waals surface area contributed by atoms with Crippen LogP contribution < -0.4 is 9.47 Å². The number of halogens is 6. The molecule has 2 atom stereocenters. The van der Waals surface area contributed by atoms with Gasteiger partial charge in [-0.2, -0.15) is 26.3 Å². The summed E-state index contributed by atoms with van der Waals surface area (Å²) in [5, 5.41) is 0. The van der Waals surface area contributed by atoms with E-state index in [0.29, 0.717) is 0 Å². The Bertz CT molecular complexity index is 1200. The molecule has 8 heteroatoms. The average molecular weight is 464 g/mol. The van der Waals surface area contributed by atoms with E-state index < -0.39 is 40.1 Å². The minimum Gasteiger partial charge on any atom is -0.477 e. The van der Waals surface area contributed by atoms with E-state index in [1.54, 1.807) is 26.0 Å². The van der Waals surface area contributed by atoms with Gasteiger partial charge in [0.2, 0.25) is 0 Å².